The Labute approximate surface area is 156 Å². The molecule has 0 atom stereocenters. The van der Waals surface area contributed by atoms with Crippen molar-refractivity contribution in [1.82, 2.24) is 9.97 Å². The van der Waals surface area contributed by atoms with Crippen LogP contribution < -0.4 is 4.90 Å². The number of anilines is 1. The van der Waals surface area contributed by atoms with Crippen LogP contribution in [0.2, 0.25) is 0 Å². The summed E-state index contributed by atoms with van der Waals surface area (Å²) in [6.07, 6.45) is 10.4. The molecule has 1 aliphatic heterocycles. The first-order valence-electron chi connectivity index (χ1n) is 9.16. The lowest BCUT2D eigenvalue weighted by atomic mass is 10.1. The van der Waals surface area contributed by atoms with E-state index in [2.05, 4.69) is 68.4 Å². The van der Waals surface area contributed by atoms with Gasteiger partial charge >= 0.3 is 0 Å². The van der Waals surface area contributed by atoms with Gasteiger partial charge in [0.05, 0.1) is 22.9 Å². The minimum Gasteiger partial charge on any atom is -0.346 e. The van der Waals surface area contributed by atoms with Gasteiger partial charge in [-0.2, -0.15) is 0 Å². The molecular formula is C23H27N3. The van der Waals surface area contributed by atoms with Gasteiger partial charge in [0.2, 0.25) is 0 Å². The Bertz CT molecular complexity index is 924. The van der Waals surface area contributed by atoms with Gasteiger partial charge in [-0.3, -0.25) is 4.98 Å². The van der Waals surface area contributed by atoms with E-state index in [-0.39, 0.29) is 0 Å². The van der Waals surface area contributed by atoms with Crippen LogP contribution in [0.4, 0.5) is 5.69 Å². The topological polar surface area (TPSA) is 29.0 Å². The van der Waals surface area contributed by atoms with Crippen molar-refractivity contribution >= 4 is 22.8 Å². The second kappa shape index (κ2) is 7.69. The van der Waals surface area contributed by atoms with Crippen molar-refractivity contribution in [2.24, 2.45) is 0 Å². The maximum Gasteiger partial charge on any atom is 0.0914 e. The van der Waals surface area contributed by atoms with Crippen molar-refractivity contribution in [3.8, 4) is 0 Å². The Kier molecular flexibility index (Phi) is 5.36. The van der Waals surface area contributed by atoms with Gasteiger partial charge in [0.15, 0.2) is 0 Å². The van der Waals surface area contributed by atoms with Gasteiger partial charge in [0.25, 0.3) is 0 Å². The van der Waals surface area contributed by atoms with Crippen LogP contribution in [0.15, 0.2) is 65.5 Å². The summed E-state index contributed by atoms with van der Waals surface area (Å²) in [5.74, 6) is 0. The van der Waals surface area contributed by atoms with Crippen molar-refractivity contribution in [3.05, 3.63) is 71.2 Å². The summed E-state index contributed by atoms with van der Waals surface area (Å²) in [5.41, 5.74) is 8.84. The summed E-state index contributed by atoms with van der Waals surface area (Å²) >= 11 is 0. The number of rotatable bonds is 4. The van der Waals surface area contributed by atoms with E-state index in [1.807, 2.05) is 18.3 Å². The minimum absolute atomic E-state index is 0.871. The quantitative estimate of drug-likeness (QED) is 0.631. The molecule has 2 aromatic rings. The lowest BCUT2D eigenvalue weighted by Gasteiger charge is -2.19. The maximum absolute atomic E-state index is 4.79. The van der Waals surface area contributed by atoms with E-state index in [1.54, 1.807) is 0 Å². The molecule has 134 valence electrons. The molecular weight excluding hydrogens is 318 g/mol. The molecule has 0 radical (unpaired) electrons. The van der Waals surface area contributed by atoms with Gasteiger partial charge in [-0.1, -0.05) is 29.9 Å². The number of hydrogen-bond acceptors (Lipinski definition) is 3. The predicted octanol–water partition coefficient (Wildman–Crippen LogP) is 6.06. The molecule has 1 saturated heterocycles. The highest BCUT2D eigenvalue weighted by Crippen LogP contribution is 2.29. The fraction of sp³-hybridized carbons (Fsp3) is 0.304. The van der Waals surface area contributed by atoms with Crippen LogP contribution in [0.3, 0.4) is 0 Å². The normalized spacial score (nSPS) is 14.3. The second-order valence-electron chi connectivity index (χ2n) is 7.30. The fourth-order valence-corrected chi connectivity index (χ4v) is 3.15. The molecule has 0 aliphatic carbocycles. The van der Waals surface area contributed by atoms with E-state index in [1.165, 1.54) is 28.8 Å². The lowest BCUT2D eigenvalue weighted by Crippen LogP contribution is -2.15. The first kappa shape index (κ1) is 18.1. The Morgan fingerprint density at radius 1 is 1.15 bits per heavy atom. The summed E-state index contributed by atoms with van der Waals surface area (Å²) in [6, 6.07) is 6.27. The number of aromatic nitrogens is 2. The lowest BCUT2D eigenvalue weighted by molar-refractivity contribution is 0.956. The Morgan fingerprint density at radius 2 is 1.96 bits per heavy atom. The van der Waals surface area contributed by atoms with Gasteiger partial charge in [-0.05, 0) is 70.4 Å². The van der Waals surface area contributed by atoms with E-state index in [0.29, 0.717) is 0 Å². The zero-order chi connectivity index (χ0) is 18.7. The van der Waals surface area contributed by atoms with Crippen molar-refractivity contribution in [2.45, 2.75) is 40.5 Å². The Balaban J connectivity index is 1.93. The van der Waals surface area contributed by atoms with E-state index in [4.69, 9.17) is 4.98 Å². The SMILES string of the molecule is C=C1CCCN1c1ccc2ncc(/C=C/C(C=C(C)C)=C(C)C)nc2c1. The number of benzene rings is 1. The van der Waals surface area contributed by atoms with E-state index in [9.17, 15) is 0 Å². The number of hydrogen-bond donors (Lipinski definition) is 0. The third-order valence-electron chi connectivity index (χ3n) is 4.54. The van der Waals surface area contributed by atoms with Crippen LogP contribution in [0.25, 0.3) is 17.1 Å². The molecule has 1 fully saturated rings. The first-order valence-corrected chi connectivity index (χ1v) is 9.16. The average molecular weight is 345 g/mol. The third kappa shape index (κ3) is 4.10. The van der Waals surface area contributed by atoms with Crippen molar-refractivity contribution in [1.29, 1.82) is 0 Å². The summed E-state index contributed by atoms with van der Waals surface area (Å²) in [5, 5.41) is 0. The number of nitrogens with zero attached hydrogens (tertiary/aromatic N) is 3. The molecule has 26 heavy (non-hydrogen) atoms. The molecule has 2 heterocycles. The van der Waals surface area contributed by atoms with Crippen LogP contribution in [0.5, 0.6) is 0 Å². The molecule has 0 saturated carbocycles. The van der Waals surface area contributed by atoms with Crippen LogP contribution in [0.1, 0.15) is 46.2 Å². The van der Waals surface area contributed by atoms with E-state index < -0.39 is 0 Å². The summed E-state index contributed by atoms with van der Waals surface area (Å²) < 4.78 is 0. The maximum atomic E-state index is 4.79. The fourth-order valence-electron chi connectivity index (χ4n) is 3.15. The second-order valence-corrected chi connectivity index (χ2v) is 7.30. The number of allylic oxidation sites excluding steroid dienone is 6. The molecule has 1 aromatic heterocycles. The summed E-state index contributed by atoms with van der Waals surface area (Å²) in [4.78, 5) is 11.6. The molecule has 0 spiro atoms. The average Bonchev–Trinajstić information content (AvgIpc) is 3.03. The highest BCUT2D eigenvalue weighted by atomic mass is 15.2. The minimum atomic E-state index is 0.871. The Morgan fingerprint density at radius 3 is 2.62 bits per heavy atom. The molecule has 3 heteroatoms. The largest absolute Gasteiger partial charge is 0.346 e. The highest BCUT2D eigenvalue weighted by molar-refractivity contribution is 5.80. The molecule has 0 unspecified atom stereocenters. The van der Waals surface area contributed by atoms with Gasteiger partial charge in [-0.15, -0.1) is 0 Å². The summed E-state index contributed by atoms with van der Waals surface area (Å²) in [6.45, 7) is 13.7. The van der Waals surface area contributed by atoms with Crippen molar-refractivity contribution in [3.63, 3.8) is 0 Å². The molecule has 0 amide bonds. The summed E-state index contributed by atoms with van der Waals surface area (Å²) in [7, 11) is 0. The Hall–Kier alpha value is -2.68. The molecule has 1 aromatic carbocycles. The molecule has 0 bridgehead atoms. The smallest absolute Gasteiger partial charge is 0.0914 e. The van der Waals surface area contributed by atoms with E-state index in [0.717, 1.165) is 35.4 Å². The van der Waals surface area contributed by atoms with Gasteiger partial charge < -0.3 is 4.90 Å². The number of fused-ring (bicyclic) bond motifs is 1. The highest BCUT2D eigenvalue weighted by Gasteiger charge is 2.17. The van der Waals surface area contributed by atoms with Crippen LogP contribution in [-0.2, 0) is 0 Å². The standard InChI is InChI=1S/C23H27N3/c1-16(2)13-19(17(3)4)8-9-20-15-24-22-11-10-21(14-23(22)25-20)26-12-6-7-18(26)5/h8-11,13-15H,5-7,12H2,1-4H3/b9-8+. The zero-order valence-corrected chi connectivity index (χ0v) is 16.2. The molecule has 3 rings (SSSR count). The third-order valence-corrected chi connectivity index (χ3v) is 4.54. The van der Waals surface area contributed by atoms with Gasteiger partial charge in [0.1, 0.15) is 0 Å². The van der Waals surface area contributed by atoms with Crippen molar-refractivity contribution < 1.29 is 0 Å². The monoisotopic (exact) mass is 345 g/mol. The first-order chi connectivity index (χ1) is 12.4. The zero-order valence-electron chi connectivity index (χ0n) is 16.2. The van der Waals surface area contributed by atoms with Crippen LogP contribution in [0, 0.1) is 0 Å². The molecule has 1 aliphatic rings. The van der Waals surface area contributed by atoms with Crippen LogP contribution >= 0.6 is 0 Å². The van der Waals surface area contributed by atoms with E-state index >= 15 is 0 Å². The predicted molar refractivity (Wildman–Crippen MR) is 112 cm³/mol. The van der Waals surface area contributed by atoms with Gasteiger partial charge in [-0.25, -0.2) is 4.98 Å². The molecule has 0 N–H and O–H groups in total. The van der Waals surface area contributed by atoms with Gasteiger partial charge in [0, 0.05) is 17.9 Å². The molecule has 3 nitrogen and oxygen atoms in total. The van der Waals surface area contributed by atoms with Crippen LogP contribution in [-0.4, -0.2) is 16.5 Å². The van der Waals surface area contributed by atoms with Crippen molar-refractivity contribution in [2.75, 3.05) is 11.4 Å².